The van der Waals surface area contributed by atoms with Crippen molar-refractivity contribution in [2.75, 3.05) is 5.32 Å². The van der Waals surface area contributed by atoms with Crippen molar-refractivity contribution in [1.82, 2.24) is 0 Å². The van der Waals surface area contributed by atoms with Crippen LogP contribution in [0.1, 0.15) is 19.3 Å². The van der Waals surface area contributed by atoms with Gasteiger partial charge in [-0.3, -0.25) is 4.79 Å². The fraction of sp³-hybridized carbons (Fsp3) is 0.333. The third-order valence-corrected chi connectivity index (χ3v) is 4.32. The van der Waals surface area contributed by atoms with Crippen molar-refractivity contribution in [3.8, 4) is 0 Å². The van der Waals surface area contributed by atoms with Gasteiger partial charge in [0.05, 0.1) is 16.1 Å². The predicted molar refractivity (Wildman–Crippen MR) is 75.8 cm³/mol. The van der Waals surface area contributed by atoms with Gasteiger partial charge in [0.1, 0.15) is 0 Å². The van der Waals surface area contributed by atoms with E-state index in [0.717, 1.165) is 29.4 Å². The first-order valence-electron chi connectivity index (χ1n) is 5.42. The second-order valence-electron chi connectivity index (χ2n) is 4.23. The van der Waals surface area contributed by atoms with Crippen molar-refractivity contribution in [3.63, 3.8) is 0 Å². The Morgan fingerprint density at radius 2 is 2.06 bits per heavy atom. The first-order chi connectivity index (χ1) is 8.06. The highest BCUT2D eigenvalue weighted by atomic mass is 79.9. The molecule has 17 heavy (non-hydrogen) atoms. The lowest BCUT2D eigenvalue weighted by Gasteiger charge is -2.39. The second-order valence-corrected chi connectivity index (χ2v) is 5.53. The minimum absolute atomic E-state index is 0.0943. The van der Waals surface area contributed by atoms with Crippen molar-refractivity contribution in [3.05, 3.63) is 28.7 Å². The van der Waals surface area contributed by atoms with Gasteiger partial charge >= 0.3 is 0 Å². The molecule has 0 atom stereocenters. The first kappa shape index (κ1) is 12.5. The number of carbonyl (C=O) groups excluding carboxylic acids is 1. The third kappa shape index (κ3) is 2.21. The van der Waals surface area contributed by atoms with E-state index in [0.29, 0.717) is 4.99 Å². The quantitative estimate of drug-likeness (QED) is 0.844. The molecular weight excluding hydrogens is 300 g/mol. The normalized spacial score (nSPS) is 17.0. The lowest BCUT2D eigenvalue weighted by atomic mass is 9.68. The lowest BCUT2D eigenvalue weighted by molar-refractivity contribution is -0.125. The van der Waals surface area contributed by atoms with Crippen LogP contribution < -0.4 is 11.1 Å². The molecule has 2 rings (SSSR count). The summed E-state index contributed by atoms with van der Waals surface area (Å²) in [4.78, 5) is 12.5. The van der Waals surface area contributed by atoms with Gasteiger partial charge in [-0.2, -0.15) is 0 Å². The molecular formula is C12H13BrN2OS. The zero-order valence-electron chi connectivity index (χ0n) is 9.20. The summed E-state index contributed by atoms with van der Waals surface area (Å²) in [6.45, 7) is 0. The van der Waals surface area contributed by atoms with Crippen LogP contribution >= 0.6 is 28.1 Å². The monoisotopic (exact) mass is 312 g/mol. The van der Waals surface area contributed by atoms with Crippen LogP contribution in [0.5, 0.6) is 0 Å². The molecule has 0 heterocycles. The van der Waals surface area contributed by atoms with Gasteiger partial charge in [0.15, 0.2) is 0 Å². The second kappa shape index (κ2) is 4.74. The van der Waals surface area contributed by atoms with Crippen LogP contribution in [0.15, 0.2) is 28.7 Å². The van der Waals surface area contributed by atoms with E-state index in [9.17, 15) is 4.79 Å². The Bertz CT molecular complexity index is 471. The molecule has 1 saturated carbocycles. The molecule has 1 amide bonds. The third-order valence-electron chi connectivity index (χ3n) is 3.24. The van der Waals surface area contributed by atoms with E-state index >= 15 is 0 Å². The predicted octanol–water partition coefficient (Wildman–Crippen LogP) is 2.84. The number of anilines is 1. The minimum Gasteiger partial charge on any atom is -0.392 e. The van der Waals surface area contributed by atoms with Gasteiger partial charge in [0.2, 0.25) is 5.91 Å². The van der Waals surface area contributed by atoms with Crippen molar-refractivity contribution in [2.45, 2.75) is 19.3 Å². The van der Waals surface area contributed by atoms with Gasteiger partial charge in [-0.05, 0) is 40.9 Å². The van der Waals surface area contributed by atoms with Gasteiger partial charge < -0.3 is 11.1 Å². The fourth-order valence-electron chi connectivity index (χ4n) is 1.92. The van der Waals surface area contributed by atoms with E-state index < -0.39 is 5.41 Å². The molecule has 1 aliphatic carbocycles. The van der Waals surface area contributed by atoms with E-state index in [1.807, 2.05) is 24.3 Å². The Morgan fingerprint density at radius 1 is 1.41 bits per heavy atom. The Labute approximate surface area is 114 Å². The van der Waals surface area contributed by atoms with Crippen molar-refractivity contribution in [2.24, 2.45) is 11.1 Å². The Hall–Kier alpha value is -0.940. The number of nitrogens with two attached hydrogens (primary N) is 1. The van der Waals surface area contributed by atoms with Crippen LogP contribution in [-0.4, -0.2) is 10.9 Å². The van der Waals surface area contributed by atoms with E-state index in [1.165, 1.54) is 0 Å². The lowest BCUT2D eigenvalue weighted by Crippen LogP contribution is -2.50. The highest BCUT2D eigenvalue weighted by molar-refractivity contribution is 9.10. The van der Waals surface area contributed by atoms with Gasteiger partial charge in [0, 0.05) is 4.47 Å². The average molecular weight is 313 g/mol. The molecule has 0 bridgehead atoms. The minimum atomic E-state index is -0.634. The summed E-state index contributed by atoms with van der Waals surface area (Å²) < 4.78 is 0.853. The molecule has 1 aromatic rings. The van der Waals surface area contributed by atoms with Crippen molar-refractivity contribution < 1.29 is 4.79 Å². The first-order valence-corrected chi connectivity index (χ1v) is 6.62. The van der Waals surface area contributed by atoms with E-state index in [-0.39, 0.29) is 5.91 Å². The number of rotatable bonds is 3. The maximum absolute atomic E-state index is 12.2. The van der Waals surface area contributed by atoms with Crippen LogP contribution in [0.3, 0.4) is 0 Å². The summed E-state index contributed by atoms with van der Waals surface area (Å²) in [5, 5.41) is 2.88. The number of carbonyl (C=O) groups is 1. The highest BCUT2D eigenvalue weighted by Crippen LogP contribution is 2.42. The van der Waals surface area contributed by atoms with Gasteiger partial charge in [0.25, 0.3) is 0 Å². The topological polar surface area (TPSA) is 55.1 Å². The van der Waals surface area contributed by atoms with E-state index in [2.05, 4.69) is 21.2 Å². The molecule has 0 aromatic heterocycles. The number of hydrogen-bond donors (Lipinski definition) is 2. The molecule has 0 unspecified atom stereocenters. The molecule has 5 heteroatoms. The molecule has 1 aliphatic rings. The number of benzene rings is 1. The maximum atomic E-state index is 12.2. The number of halogens is 1. The number of amides is 1. The molecule has 1 aromatic carbocycles. The Kier molecular flexibility index (Phi) is 3.49. The van der Waals surface area contributed by atoms with Crippen molar-refractivity contribution in [1.29, 1.82) is 0 Å². The van der Waals surface area contributed by atoms with Gasteiger partial charge in [-0.1, -0.05) is 30.8 Å². The summed E-state index contributed by atoms with van der Waals surface area (Å²) in [7, 11) is 0. The summed E-state index contributed by atoms with van der Waals surface area (Å²) in [5.41, 5.74) is 5.80. The van der Waals surface area contributed by atoms with Crippen LogP contribution in [0.2, 0.25) is 0 Å². The average Bonchev–Trinajstić information content (AvgIpc) is 2.19. The zero-order valence-corrected chi connectivity index (χ0v) is 11.6. The SMILES string of the molecule is NC(=S)C1(C(=O)Nc2ccccc2Br)CCC1. The summed E-state index contributed by atoms with van der Waals surface area (Å²) in [5.74, 6) is -0.0943. The molecule has 90 valence electrons. The van der Waals surface area contributed by atoms with Crippen LogP contribution in [-0.2, 0) is 4.79 Å². The highest BCUT2D eigenvalue weighted by Gasteiger charge is 2.47. The van der Waals surface area contributed by atoms with E-state index in [1.54, 1.807) is 0 Å². The van der Waals surface area contributed by atoms with E-state index in [4.69, 9.17) is 18.0 Å². The Balaban J connectivity index is 2.17. The summed E-state index contributed by atoms with van der Waals surface area (Å²) in [6.07, 6.45) is 2.50. The number of nitrogens with one attached hydrogen (secondary N) is 1. The molecule has 3 nitrogen and oxygen atoms in total. The molecule has 0 saturated heterocycles. The molecule has 0 spiro atoms. The largest absolute Gasteiger partial charge is 0.392 e. The number of hydrogen-bond acceptors (Lipinski definition) is 2. The maximum Gasteiger partial charge on any atom is 0.237 e. The van der Waals surface area contributed by atoms with Crippen LogP contribution in [0.25, 0.3) is 0 Å². The molecule has 3 N–H and O–H groups in total. The van der Waals surface area contributed by atoms with Gasteiger partial charge in [-0.15, -0.1) is 0 Å². The summed E-state index contributed by atoms with van der Waals surface area (Å²) >= 11 is 8.40. The molecule has 0 radical (unpaired) electrons. The van der Waals surface area contributed by atoms with Gasteiger partial charge in [-0.25, -0.2) is 0 Å². The smallest absolute Gasteiger partial charge is 0.237 e. The number of para-hydroxylation sites is 1. The number of thiocarbonyl (C=S) groups is 1. The Morgan fingerprint density at radius 3 is 2.53 bits per heavy atom. The van der Waals surface area contributed by atoms with Crippen LogP contribution in [0.4, 0.5) is 5.69 Å². The fourth-order valence-corrected chi connectivity index (χ4v) is 2.60. The summed E-state index contributed by atoms with van der Waals surface area (Å²) in [6, 6.07) is 7.48. The van der Waals surface area contributed by atoms with Crippen molar-refractivity contribution >= 4 is 44.7 Å². The van der Waals surface area contributed by atoms with Crippen LogP contribution in [0, 0.1) is 5.41 Å². The molecule has 0 aliphatic heterocycles. The molecule has 1 fully saturated rings. The standard InChI is InChI=1S/C12H13BrN2OS/c13-8-4-1-2-5-9(8)15-11(16)12(10(14)17)6-3-7-12/h1-2,4-5H,3,6-7H2,(H2,14,17)(H,15,16). The zero-order chi connectivity index (χ0) is 12.5.